The molecule has 0 spiro atoms. The van der Waals surface area contributed by atoms with Crippen molar-refractivity contribution in [2.45, 2.75) is 26.0 Å². The van der Waals surface area contributed by atoms with E-state index >= 15 is 0 Å². The number of hydrogen-bond acceptors (Lipinski definition) is 5. The SMILES string of the molecule is COc1ccc(C(CNC(=O)C(C)Oc2cccc(C)c2)N2CCOCC2)cc1. The average Bonchev–Trinajstić information content (AvgIpc) is 2.75. The summed E-state index contributed by atoms with van der Waals surface area (Å²) in [5.74, 6) is 1.39. The second-order valence-corrected chi connectivity index (χ2v) is 7.26. The summed E-state index contributed by atoms with van der Waals surface area (Å²) in [4.78, 5) is 15.0. The first-order chi connectivity index (χ1) is 14.1. The number of ether oxygens (including phenoxy) is 3. The van der Waals surface area contributed by atoms with Gasteiger partial charge in [0.25, 0.3) is 5.91 Å². The molecule has 0 bridgehead atoms. The van der Waals surface area contributed by atoms with E-state index in [1.54, 1.807) is 14.0 Å². The van der Waals surface area contributed by atoms with E-state index in [9.17, 15) is 4.79 Å². The van der Waals surface area contributed by atoms with E-state index in [0.717, 1.165) is 30.0 Å². The van der Waals surface area contributed by atoms with Gasteiger partial charge in [0.15, 0.2) is 6.10 Å². The first-order valence-corrected chi connectivity index (χ1v) is 10.0. The van der Waals surface area contributed by atoms with Crippen LogP contribution in [-0.4, -0.2) is 56.9 Å². The number of nitrogens with one attached hydrogen (secondary N) is 1. The van der Waals surface area contributed by atoms with Crippen molar-refractivity contribution < 1.29 is 19.0 Å². The second kappa shape index (κ2) is 10.3. The standard InChI is InChI=1S/C23H30N2O4/c1-17-5-4-6-21(15-17)29-18(2)23(26)24-16-22(25-11-13-28-14-12-25)19-7-9-20(27-3)10-8-19/h4-10,15,18,22H,11-14,16H2,1-3H3,(H,24,26). The highest BCUT2D eigenvalue weighted by atomic mass is 16.5. The lowest BCUT2D eigenvalue weighted by atomic mass is 10.0. The summed E-state index contributed by atoms with van der Waals surface area (Å²) in [6.45, 7) is 7.35. The maximum Gasteiger partial charge on any atom is 0.260 e. The number of benzene rings is 2. The first-order valence-electron chi connectivity index (χ1n) is 10.0. The van der Waals surface area contributed by atoms with Gasteiger partial charge in [0.2, 0.25) is 0 Å². The lowest BCUT2D eigenvalue weighted by Gasteiger charge is -2.35. The average molecular weight is 399 g/mol. The van der Waals surface area contributed by atoms with E-state index in [4.69, 9.17) is 14.2 Å². The lowest BCUT2D eigenvalue weighted by molar-refractivity contribution is -0.127. The van der Waals surface area contributed by atoms with E-state index in [1.807, 2.05) is 43.3 Å². The third-order valence-electron chi connectivity index (χ3n) is 5.13. The van der Waals surface area contributed by atoms with Crippen LogP contribution in [0, 0.1) is 6.92 Å². The Morgan fingerprint density at radius 2 is 1.86 bits per heavy atom. The fraction of sp³-hybridized carbons (Fsp3) is 0.435. The zero-order valence-corrected chi connectivity index (χ0v) is 17.4. The van der Waals surface area contributed by atoms with E-state index in [2.05, 4.69) is 22.3 Å². The number of amides is 1. The Hall–Kier alpha value is -2.57. The van der Waals surface area contributed by atoms with Crippen LogP contribution in [0.4, 0.5) is 0 Å². The number of methoxy groups -OCH3 is 1. The summed E-state index contributed by atoms with van der Waals surface area (Å²) in [6.07, 6.45) is -0.571. The molecular formula is C23H30N2O4. The Bertz CT molecular complexity index is 788. The van der Waals surface area contributed by atoms with Crippen LogP contribution in [0.15, 0.2) is 48.5 Å². The Labute approximate surface area is 172 Å². The van der Waals surface area contributed by atoms with Gasteiger partial charge in [-0.25, -0.2) is 0 Å². The number of rotatable bonds is 8. The van der Waals surface area contributed by atoms with Crippen molar-refractivity contribution in [1.82, 2.24) is 10.2 Å². The maximum atomic E-state index is 12.7. The summed E-state index contributed by atoms with van der Waals surface area (Å²) in [5, 5.41) is 3.06. The minimum absolute atomic E-state index is 0.0694. The lowest BCUT2D eigenvalue weighted by Crippen LogP contribution is -2.45. The second-order valence-electron chi connectivity index (χ2n) is 7.26. The van der Waals surface area contributed by atoms with Crippen molar-refractivity contribution in [2.24, 2.45) is 0 Å². The number of aryl methyl sites for hydroxylation is 1. The number of carbonyl (C=O) groups excluding carboxylic acids is 1. The topological polar surface area (TPSA) is 60.0 Å². The minimum Gasteiger partial charge on any atom is -0.497 e. The number of hydrogen-bond donors (Lipinski definition) is 1. The molecule has 2 aromatic rings. The zero-order valence-electron chi connectivity index (χ0n) is 17.4. The van der Waals surface area contributed by atoms with Crippen molar-refractivity contribution in [3.63, 3.8) is 0 Å². The van der Waals surface area contributed by atoms with Gasteiger partial charge >= 0.3 is 0 Å². The van der Waals surface area contributed by atoms with Crippen molar-refractivity contribution in [2.75, 3.05) is 40.0 Å². The molecule has 0 aliphatic carbocycles. The predicted molar refractivity (Wildman–Crippen MR) is 112 cm³/mol. The summed E-state index contributed by atoms with van der Waals surface area (Å²) >= 11 is 0. The molecule has 1 fully saturated rings. The molecule has 1 saturated heterocycles. The Kier molecular flexibility index (Phi) is 7.49. The molecule has 6 nitrogen and oxygen atoms in total. The molecule has 1 aliphatic rings. The molecule has 6 heteroatoms. The van der Waals surface area contributed by atoms with Crippen molar-refractivity contribution in [3.8, 4) is 11.5 Å². The normalized spacial score (nSPS) is 16.7. The molecule has 2 unspecified atom stereocenters. The van der Waals surface area contributed by atoms with Crippen LogP contribution in [0.5, 0.6) is 11.5 Å². The third-order valence-corrected chi connectivity index (χ3v) is 5.13. The number of morpholine rings is 1. The molecule has 2 atom stereocenters. The monoisotopic (exact) mass is 398 g/mol. The van der Waals surface area contributed by atoms with Crippen molar-refractivity contribution in [3.05, 3.63) is 59.7 Å². The molecule has 29 heavy (non-hydrogen) atoms. The summed E-state index contributed by atoms with van der Waals surface area (Å²) in [7, 11) is 1.66. The molecule has 0 radical (unpaired) electrons. The molecule has 0 saturated carbocycles. The van der Waals surface area contributed by atoms with Crippen molar-refractivity contribution >= 4 is 5.91 Å². The molecule has 1 amide bonds. The molecular weight excluding hydrogens is 368 g/mol. The quantitative estimate of drug-likeness (QED) is 0.741. The molecule has 0 aromatic heterocycles. The van der Waals surface area contributed by atoms with Gasteiger partial charge < -0.3 is 19.5 Å². The highest BCUT2D eigenvalue weighted by Crippen LogP contribution is 2.24. The number of carbonyl (C=O) groups is 1. The molecule has 1 heterocycles. The van der Waals surface area contributed by atoms with Gasteiger partial charge in [0.1, 0.15) is 11.5 Å². The zero-order chi connectivity index (χ0) is 20.6. The molecule has 1 N–H and O–H groups in total. The first kappa shape index (κ1) is 21.1. The van der Waals surface area contributed by atoms with Crippen LogP contribution in [0.25, 0.3) is 0 Å². The van der Waals surface area contributed by atoms with Gasteiger partial charge in [-0.1, -0.05) is 24.3 Å². The van der Waals surface area contributed by atoms with Crippen LogP contribution < -0.4 is 14.8 Å². The minimum atomic E-state index is -0.571. The van der Waals surface area contributed by atoms with Gasteiger partial charge in [-0.3, -0.25) is 9.69 Å². The largest absolute Gasteiger partial charge is 0.497 e. The van der Waals surface area contributed by atoms with Gasteiger partial charge in [0.05, 0.1) is 26.4 Å². The Balaban J connectivity index is 1.64. The third kappa shape index (κ3) is 5.95. The van der Waals surface area contributed by atoms with Crippen LogP contribution in [0.3, 0.4) is 0 Å². The van der Waals surface area contributed by atoms with Gasteiger partial charge in [-0.15, -0.1) is 0 Å². The predicted octanol–water partition coefficient (Wildman–Crippen LogP) is 2.96. The summed E-state index contributed by atoms with van der Waals surface area (Å²) in [6, 6.07) is 15.8. The van der Waals surface area contributed by atoms with E-state index in [-0.39, 0.29) is 11.9 Å². The van der Waals surface area contributed by atoms with Gasteiger partial charge in [-0.2, -0.15) is 0 Å². The van der Waals surface area contributed by atoms with E-state index in [0.29, 0.717) is 25.5 Å². The van der Waals surface area contributed by atoms with Crippen molar-refractivity contribution in [1.29, 1.82) is 0 Å². The van der Waals surface area contributed by atoms with Crippen LogP contribution >= 0.6 is 0 Å². The van der Waals surface area contributed by atoms with Crippen LogP contribution in [0.2, 0.25) is 0 Å². The van der Waals surface area contributed by atoms with Gasteiger partial charge in [-0.05, 0) is 49.2 Å². The number of nitrogens with zero attached hydrogens (tertiary/aromatic N) is 1. The highest BCUT2D eigenvalue weighted by Gasteiger charge is 2.24. The molecule has 3 rings (SSSR count). The van der Waals surface area contributed by atoms with Crippen LogP contribution in [0.1, 0.15) is 24.1 Å². The Morgan fingerprint density at radius 3 is 2.52 bits per heavy atom. The summed E-state index contributed by atoms with van der Waals surface area (Å²) < 4.78 is 16.6. The molecule has 1 aliphatic heterocycles. The van der Waals surface area contributed by atoms with E-state index in [1.165, 1.54) is 0 Å². The molecule has 156 valence electrons. The fourth-order valence-electron chi connectivity index (χ4n) is 3.46. The van der Waals surface area contributed by atoms with E-state index < -0.39 is 6.10 Å². The highest BCUT2D eigenvalue weighted by molar-refractivity contribution is 5.80. The molecule has 2 aromatic carbocycles. The maximum absolute atomic E-state index is 12.7. The van der Waals surface area contributed by atoms with Crippen LogP contribution in [-0.2, 0) is 9.53 Å². The fourth-order valence-corrected chi connectivity index (χ4v) is 3.46. The summed E-state index contributed by atoms with van der Waals surface area (Å²) in [5.41, 5.74) is 2.24. The Morgan fingerprint density at radius 1 is 1.14 bits per heavy atom. The smallest absolute Gasteiger partial charge is 0.260 e. The van der Waals surface area contributed by atoms with Gasteiger partial charge in [0, 0.05) is 19.6 Å².